The van der Waals surface area contributed by atoms with Gasteiger partial charge in [-0.3, -0.25) is 4.99 Å². The summed E-state index contributed by atoms with van der Waals surface area (Å²) in [6.45, 7) is 8.65. The van der Waals surface area contributed by atoms with E-state index >= 15 is 0 Å². The first kappa shape index (κ1) is 22.7. The topological polar surface area (TPSA) is 58.5 Å². The van der Waals surface area contributed by atoms with Crippen LogP contribution in [-0.2, 0) is 13.0 Å². The number of thiazole rings is 1. The highest BCUT2D eigenvalue weighted by molar-refractivity contribution is 14.0. The maximum Gasteiger partial charge on any atom is 0.191 e. The second-order valence-corrected chi connectivity index (χ2v) is 7.64. The van der Waals surface area contributed by atoms with Crippen molar-refractivity contribution in [1.29, 1.82) is 0 Å². The Morgan fingerprint density at radius 3 is 2.54 bits per heavy atom. The summed E-state index contributed by atoms with van der Waals surface area (Å²) in [5.41, 5.74) is 1.19. The van der Waals surface area contributed by atoms with Crippen molar-refractivity contribution in [2.75, 3.05) is 20.2 Å². The van der Waals surface area contributed by atoms with Gasteiger partial charge in [-0.1, -0.05) is 26.0 Å². The summed E-state index contributed by atoms with van der Waals surface area (Å²) in [7, 11) is 1.78. The van der Waals surface area contributed by atoms with Gasteiger partial charge >= 0.3 is 0 Å². The molecule has 2 N–H and O–H groups in total. The van der Waals surface area contributed by atoms with Gasteiger partial charge < -0.3 is 15.4 Å². The third kappa shape index (κ3) is 8.35. The first-order chi connectivity index (χ1) is 12.1. The molecule has 2 rings (SSSR count). The molecule has 0 radical (unpaired) electrons. The van der Waals surface area contributed by atoms with E-state index in [0.29, 0.717) is 5.92 Å². The molecule has 0 fully saturated rings. The van der Waals surface area contributed by atoms with Crippen molar-refractivity contribution in [2.24, 2.45) is 10.9 Å². The predicted molar refractivity (Wildman–Crippen MR) is 121 cm³/mol. The van der Waals surface area contributed by atoms with Crippen molar-refractivity contribution in [2.45, 2.75) is 33.7 Å². The van der Waals surface area contributed by atoms with Crippen LogP contribution in [0, 0.1) is 12.8 Å². The number of ether oxygens (including phenoxy) is 1. The van der Waals surface area contributed by atoms with Gasteiger partial charge in [-0.25, -0.2) is 4.98 Å². The molecule has 0 aliphatic heterocycles. The largest absolute Gasteiger partial charge is 0.493 e. The normalized spacial score (nSPS) is 11.2. The van der Waals surface area contributed by atoms with Gasteiger partial charge in [0.2, 0.25) is 0 Å². The van der Waals surface area contributed by atoms with E-state index in [1.54, 1.807) is 18.4 Å². The smallest absolute Gasteiger partial charge is 0.191 e. The molecule has 0 aliphatic carbocycles. The molecule has 0 aliphatic rings. The lowest BCUT2D eigenvalue weighted by atomic mass is 10.2. The highest BCUT2D eigenvalue weighted by Gasteiger charge is 2.02. The average molecular weight is 488 g/mol. The molecule has 2 aromatic rings. The van der Waals surface area contributed by atoms with E-state index in [-0.39, 0.29) is 24.0 Å². The third-order valence-corrected chi connectivity index (χ3v) is 4.46. The van der Waals surface area contributed by atoms with Crippen LogP contribution in [0.25, 0.3) is 0 Å². The summed E-state index contributed by atoms with van der Waals surface area (Å²) in [5.74, 6) is 2.25. The second kappa shape index (κ2) is 12.1. The molecule has 1 aromatic carbocycles. The number of aliphatic imine (C=N–C) groups is 1. The minimum Gasteiger partial charge on any atom is -0.493 e. The van der Waals surface area contributed by atoms with Crippen LogP contribution in [0.15, 0.2) is 35.5 Å². The summed E-state index contributed by atoms with van der Waals surface area (Å²) < 4.78 is 5.70. The van der Waals surface area contributed by atoms with Crippen LogP contribution in [0.2, 0.25) is 0 Å². The maximum absolute atomic E-state index is 5.70. The van der Waals surface area contributed by atoms with Crippen LogP contribution in [0.5, 0.6) is 5.75 Å². The molecule has 0 bridgehead atoms. The highest BCUT2D eigenvalue weighted by Crippen LogP contribution is 2.13. The van der Waals surface area contributed by atoms with Crippen LogP contribution in [-0.4, -0.2) is 31.1 Å². The lowest BCUT2D eigenvalue weighted by Crippen LogP contribution is -2.37. The minimum atomic E-state index is 0. The van der Waals surface area contributed by atoms with Gasteiger partial charge in [-0.2, -0.15) is 0 Å². The van der Waals surface area contributed by atoms with Crippen molar-refractivity contribution >= 4 is 41.3 Å². The number of benzene rings is 1. The van der Waals surface area contributed by atoms with Gasteiger partial charge in [0, 0.05) is 37.6 Å². The number of aryl methyl sites for hydroxylation is 1. The van der Waals surface area contributed by atoms with Crippen molar-refractivity contribution < 1.29 is 4.74 Å². The zero-order chi connectivity index (χ0) is 18.1. The molecule has 0 saturated carbocycles. The molecule has 26 heavy (non-hydrogen) atoms. The lowest BCUT2D eigenvalue weighted by Gasteiger charge is -2.12. The number of guanidine groups is 1. The molecule has 0 spiro atoms. The van der Waals surface area contributed by atoms with Crippen molar-refractivity contribution in [1.82, 2.24) is 15.6 Å². The van der Waals surface area contributed by atoms with Gasteiger partial charge in [0.1, 0.15) is 5.75 Å². The quantitative estimate of drug-likeness (QED) is 0.335. The Hall–Kier alpha value is -1.35. The Morgan fingerprint density at radius 2 is 1.96 bits per heavy atom. The molecular formula is C19H29IN4OS. The molecule has 0 unspecified atom stereocenters. The first-order valence-electron chi connectivity index (χ1n) is 8.64. The molecule has 7 heteroatoms. The second-order valence-electron chi connectivity index (χ2n) is 6.32. The Labute approximate surface area is 177 Å². The van der Waals surface area contributed by atoms with E-state index in [1.165, 1.54) is 10.4 Å². The van der Waals surface area contributed by atoms with E-state index in [1.807, 2.05) is 18.3 Å². The Bertz CT molecular complexity index is 670. The molecular weight excluding hydrogens is 459 g/mol. The fourth-order valence-corrected chi connectivity index (χ4v) is 2.96. The Balaban J connectivity index is 0.00000338. The number of hydrogen-bond acceptors (Lipinski definition) is 4. The summed E-state index contributed by atoms with van der Waals surface area (Å²) in [4.78, 5) is 9.88. The number of aromatic nitrogens is 1. The van der Waals surface area contributed by atoms with Crippen molar-refractivity contribution in [3.8, 4) is 5.75 Å². The van der Waals surface area contributed by atoms with Crippen molar-refractivity contribution in [3.63, 3.8) is 0 Å². The first-order valence-corrected chi connectivity index (χ1v) is 9.46. The number of nitrogens with one attached hydrogen (secondary N) is 2. The van der Waals surface area contributed by atoms with Gasteiger partial charge in [-0.05, 0) is 30.5 Å². The number of halogens is 1. The standard InChI is InChI=1S/C19H28N4OS.HI/c1-14(2)13-24-17-7-5-16(6-8-17)12-23-19(20-4)21-10-9-18-22-11-15(3)25-18;/h5-8,11,14H,9-10,12-13H2,1-4H3,(H2,20,21,23);1H. The van der Waals surface area contributed by atoms with Crippen molar-refractivity contribution in [3.05, 3.63) is 45.9 Å². The van der Waals surface area contributed by atoms with Gasteiger partial charge in [0.15, 0.2) is 5.96 Å². The van der Waals surface area contributed by atoms with Crippen LogP contribution in [0.4, 0.5) is 0 Å². The fourth-order valence-electron chi connectivity index (χ4n) is 2.18. The van der Waals surface area contributed by atoms with E-state index in [9.17, 15) is 0 Å². The molecule has 1 heterocycles. The molecule has 0 saturated heterocycles. The molecule has 0 atom stereocenters. The van der Waals surface area contributed by atoms with Gasteiger partial charge in [0.05, 0.1) is 11.6 Å². The summed E-state index contributed by atoms with van der Waals surface area (Å²) in [6.07, 6.45) is 2.82. The van der Waals surface area contributed by atoms with E-state index in [0.717, 1.165) is 42.8 Å². The van der Waals surface area contributed by atoms with Crippen LogP contribution >= 0.6 is 35.3 Å². The minimum absolute atomic E-state index is 0. The SMILES string of the molecule is CN=C(NCCc1ncc(C)s1)NCc1ccc(OCC(C)C)cc1.I. The third-order valence-electron chi connectivity index (χ3n) is 3.49. The number of hydrogen-bond donors (Lipinski definition) is 2. The molecule has 5 nitrogen and oxygen atoms in total. The zero-order valence-electron chi connectivity index (χ0n) is 15.9. The maximum atomic E-state index is 5.70. The molecule has 144 valence electrons. The van der Waals surface area contributed by atoms with Gasteiger partial charge in [-0.15, -0.1) is 35.3 Å². The van der Waals surface area contributed by atoms with Gasteiger partial charge in [0.25, 0.3) is 0 Å². The average Bonchev–Trinajstić information content (AvgIpc) is 3.02. The summed E-state index contributed by atoms with van der Waals surface area (Å²) >= 11 is 1.74. The number of nitrogens with zero attached hydrogens (tertiary/aromatic N) is 2. The van der Waals surface area contributed by atoms with E-state index in [2.05, 4.69) is 53.5 Å². The number of rotatable bonds is 8. The Morgan fingerprint density at radius 1 is 1.23 bits per heavy atom. The predicted octanol–water partition coefficient (Wildman–Crippen LogP) is 4.01. The monoisotopic (exact) mass is 488 g/mol. The van der Waals surface area contributed by atoms with Crippen LogP contribution in [0.3, 0.4) is 0 Å². The zero-order valence-corrected chi connectivity index (χ0v) is 19.1. The van der Waals surface area contributed by atoms with Crippen LogP contribution in [0.1, 0.15) is 29.3 Å². The van der Waals surface area contributed by atoms with E-state index in [4.69, 9.17) is 4.74 Å². The fraction of sp³-hybridized carbons (Fsp3) is 0.474. The highest BCUT2D eigenvalue weighted by atomic mass is 127. The van der Waals surface area contributed by atoms with E-state index < -0.39 is 0 Å². The van der Waals surface area contributed by atoms with Crippen LogP contribution < -0.4 is 15.4 Å². The molecule has 1 aromatic heterocycles. The lowest BCUT2D eigenvalue weighted by molar-refractivity contribution is 0.271. The summed E-state index contributed by atoms with van der Waals surface area (Å²) in [5, 5.41) is 7.80. The Kier molecular flexibility index (Phi) is 10.6. The molecule has 0 amide bonds. The summed E-state index contributed by atoms with van der Waals surface area (Å²) in [6, 6.07) is 8.18.